The van der Waals surface area contributed by atoms with Crippen molar-refractivity contribution in [2.75, 3.05) is 14.2 Å². The molecule has 0 spiro atoms. The van der Waals surface area contributed by atoms with Crippen LogP contribution in [0.2, 0.25) is 0 Å². The maximum atomic E-state index is 16.3. The molecular weight excluding hydrogens is 595 g/mol. The lowest BCUT2D eigenvalue weighted by molar-refractivity contribution is 0.414. The molecule has 47 heavy (non-hydrogen) atoms. The molecule has 1 aliphatic heterocycles. The van der Waals surface area contributed by atoms with E-state index in [0.29, 0.717) is 0 Å². The molecule has 0 aromatic heterocycles. The van der Waals surface area contributed by atoms with Crippen molar-refractivity contribution in [2.45, 2.75) is 32.6 Å². The van der Waals surface area contributed by atoms with Crippen molar-refractivity contribution in [3.05, 3.63) is 139 Å². The van der Waals surface area contributed by atoms with E-state index in [1.165, 1.54) is 5.56 Å². The van der Waals surface area contributed by atoms with Gasteiger partial charge in [-0.15, -0.1) is 0 Å². The first-order valence-electron chi connectivity index (χ1n) is 16.4. The fourth-order valence-electron chi connectivity index (χ4n) is 7.20. The van der Waals surface area contributed by atoms with Crippen LogP contribution in [0.15, 0.2) is 133 Å². The van der Waals surface area contributed by atoms with Gasteiger partial charge < -0.3 is 14.0 Å². The number of fused-ring (bicyclic) bond motifs is 3. The predicted octanol–water partition coefficient (Wildman–Crippen LogP) is 10.1. The van der Waals surface area contributed by atoms with Crippen molar-refractivity contribution in [3.63, 3.8) is 0 Å². The second-order valence-corrected chi connectivity index (χ2v) is 14.7. The van der Waals surface area contributed by atoms with Gasteiger partial charge in [-0.2, -0.15) is 0 Å². The molecule has 0 N–H and O–H groups in total. The van der Waals surface area contributed by atoms with E-state index in [4.69, 9.17) is 9.47 Å². The average molecular weight is 635 g/mol. The Morgan fingerprint density at radius 1 is 0.532 bits per heavy atom. The number of hydrogen-bond donors (Lipinski definition) is 0. The monoisotopic (exact) mass is 634 g/mol. The van der Waals surface area contributed by atoms with Crippen molar-refractivity contribution in [1.82, 2.24) is 0 Å². The van der Waals surface area contributed by atoms with Crippen LogP contribution in [-0.4, -0.2) is 14.2 Å². The van der Waals surface area contributed by atoms with Gasteiger partial charge in [-0.1, -0.05) is 129 Å². The van der Waals surface area contributed by atoms with Crippen LogP contribution in [0.4, 0.5) is 0 Å². The number of rotatable bonds is 10. The predicted molar refractivity (Wildman–Crippen MR) is 197 cm³/mol. The number of methoxy groups -OCH3 is 2. The highest BCUT2D eigenvalue weighted by Gasteiger charge is 2.45. The van der Waals surface area contributed by atoms with Gasteiger partial charge in [-0.05, 0) is 81.6 Å². The fourth-order valence-corrected chi connectivity index (χ4v) is 10.5. The summed E-state index contributed by atoms with van der Waals surface area (Å²) in [5, 5.41) is 2.78. The van der Waals surface area contributed by atoms with Crippen molar-refractivity contribution < 1.29 is 14.0 Å². The standard InChI is InChI=1S/C43H39O3P/c1-4-5-8-20-37-39(31-22-26-33(45-2)27-23-31)40(32-24-28-34(46-3)29-25-32)41(30-15-9-6-10-16-30)42-36-19-13-14-21-38(36)47(44,43(37)42)35-17-11-7-12-18-35/h6-7,9-19,21-29H,4-5,8,20H2,1-3H3. The Labute approximate surface area is 278 Å². The maximum Gasteiger partial charge on any atom is 0.172 e. The van der Waals surface area contributed by atoms with E-state index in [1.807, 2.05) is 48.5 Å². The minimum absolute atomic E-state index is 0.805. The average Bonchev–Trinajstić information content (AvgIpc) is 3.41. The summed E-state index contributed by atoms with van der Waals surface area (Å²) < 4.78 is 27.5. The zero-order valence-corrected chi connectivity index (χ0v) is 28.1. The molecule has 3 nitrogen and oxygen atoms in total. The molecule has 234 valence electrons. The minimum Gasteiger partial charge on any atom is -0.497 e. The van der Waals surface area contributed by atoms with Crippen LogP contribution in [-0.2, 0) is 11.0 Å². The van der Waals surface area contributed by atoms with Crippen LogP contribution in [0.5, 0.6) is 11.5 Å². The minimum atomic E-state index is -3.27. The Hall–Kier alpha value is -4.85. The van der Waals surface area contributed by atoms with E-state index in [0.717, 1.165) is 97.6 Å². The number of hydrogen-bond acceptors (Lipinski definition) is 3. The van der Waals surface area contributed by atoms with Crippen molar-refractivity contribution in [1.29, 1.82) is 0 Å². The first-order chi connectivity index (χ1) is 23.1. The van der Waals surface area contributed by atoms with Gasteiger partial charge in [0.1, 0.15) is 11.5 Å². The molecular formula is C43H39O3P. The largest absolute Gasteiger partial charge is 0.497 e. The lowest BCUT2D eigenvalue weighted by Gasteiger charge is -2.27. The van der Waals surface area contributed by atoms with Crippen LogP contribution in [0.3, 0.4) is 0 Å². The van der Waals surface area contributed by atoms with Gasteiger partial charge in [-0.25, -0.2) is 0 Å². The van der Waals surface area contributed by atoms with Crippen molar-refractivity contribution in [3.8, 4) is 56.0 Å². The zero-order chi connectivity index (χ0) is 32.4. The molecule has 6 aromatic rings. The Kier molecular flexibility index (Phi) is 8.58. The van der Waals surface area contributed by atoms with E-state index in [2.05, 4.69) is 91.9 Å². The number of unbranched alkanes of at least 4 members (excludes halogenated alkanes) is 2. The molecule has 1 unspecified atom stereocenters. The molecule has 1 aliphatic rings. The van der Waals surface area contributed by atoms with E-state index in [1.54, 1.807) is 14.2 Å². The lowest BCUT2D eigenvalue weighted by atomic mass is 9.79. The normalized spacial score (nSPS) is 14.8. The van der Waals surface area contributed by atoms with Crippen LogP contribution in [0.25, 0.3) is 44.5 Å². The Bertz CT molecular complexity index is 2070. The molecule has 0 aliphatic carbocycles. The molecule has 0 bridgehead atoms. The number of benzene rings is 6. The highest BCUT2D eigenvalue weighted by Crippen LogP contribution is 2.59. The molecule has 6 aromatic carbocycles. The molecule has 1 atom stereocenters. The smallest absolute Gasteiger partial charge is 0.172 e. The SMILES string of the molecule is CCCCCc1c(-c2ccc(OC)cc2)c(-c2ccc(OC)cc2)c(-c2ccccc2)c2c1P(=O)(c1ccccc1)c1ccccc1-2. The van der Waals surface area contributed by atoms with E-state index in [-0.39, 0.29) is 0 Å². The van der Waals surface area contributed by atoms with Gasteiger partial charge in [0.05, 0.1) is 14.2 Å². The van der Waals surface area contributed by atoms with E-state index < -0.39 is 7.14 Å². The second kappa shape index (κ2) is 13.1. The zero-order valence-electron chi connectivity index (χ0n) is 27.2. The van der Waals surface area contributed by atoms with Crippen LogP contribution in [0.1, 0.15) is 31.7 Å². The summed E-state index contributed by atoms with van der Waals surface area (Å²) in [5.41, 5.74) is 9.98. The first-order valence-corrected chi connectivity index (χ1v) is 18.1. The summed E-state index contributed by atoms with van der Waals surface area (Å²) in [4.78, 5) is 0. The Morgan fingerprint density at radius 3 is 1.64 bits per heavy atom. The quantitative estimate of drug-likeness (QED) is 0.111. The van der Waals surface area contributed by atoms with E-state index in [9.17, 15) is 0 Å². The molecule has 0 fully saturated rings. The molecule has 7 rings (SSSR count). The van der Waals surface area contributed by atoms with Crippen molar-refractivity contribution in [2.24, 2.45) is 0 Å². The van der Waals surface area contributed by atoms with Gasteiger partial charge in [0.2, 0.25) is 0 Å². The topological polar surface area (TPSA) is 35.5 Å². The molecule has 0 saturated carbocycles. The van der Waals surface area contributed by atoms with Gasteiger partial charge in [0.15, 0.2) is 7.14 Å². The van der Waals surface area contributed by atoms with Crippen LogP contribution < -0.4 is 25.4 Å². The molecule has 0 saturated heterocycles. The Balaban J connectivity index is 1.72. The third-order valence-electron chi connectivity index (χ3n) is 9.37. The molecule has 1 heterocycles. The highest BCUT2D eigenvalue weighted by atomic mass is 31.2. The number of ether oxygens (including phenoxy) is 2. The van der Waals surface area contributed by atoms with Gasteiger partial charge in [0, 0.05) is 21.5 Å². The van der Waals surface area contributed by atoms with Crippen LogP contribution in [0, 0.1) is 0 Å². The summed E-state index contributed by atoms with van der Waals surface area (Å²) >= 11 is 0. The third kappa shape index (κ3) is 5.29. The summed E-state index contributed by atoms with van der Waals surface area (Å²) in [6.07, 6.45) is 4.02. The van der Waals surface area contributed by atoms with Crippen molar-refractivity contribution >= 4 is 23.1 Å². The summed E-state index contributed by atoms with van der Waals surface area (Å²) in [7, 11) is 0.132. The van der Waals surface area contributed by atoms with Gasteiger partial charge in [0.25, 0.3) is 0 Å². The lowest BCUT2D eigenvalue weighted by Crippen LogP contribution is -2.24. The fraction of sp³-hybridized carbons (Fsp3) is 0.163. The van der Waals surface area contributed by atoms with E-state index >= 15 is 4.57 Å². The third-order valence-corrected chi connectivity index (χ3v) is 12.6. The molecule has 0 amide bonds. The highest BCUT2D eigenvalue weighted by molar-refractivity contribution is 7.86. The van der Waals surface area contributed by atoms with Gasteiger partial charge in [-0.3, -0.25) is 0 Å². The molecule has 4 heteroatoms. The Morgan fingerprint density at radius 2 is 1.04 bits per heavy atom. The summed E-state index contributed by atoms with van der Waals surface area (Å²) in [5.74, 6) is 1.61. The summed E-state index contributed by atoms with van der Waals surface area (Å²) in [6, 6.07) is 45.9. The second-order valence-electron chi connectivity index (χ2n) is 12.1. The van der Waals surface area contributed by atoms with Crippen LogP contribution >= 0.6 is 7.14 Å². The van der Waals surface area contributed by atoms with Gasteiger partial charge >= 0.3 is 0 Å². The first kappa shape index (κ1) is 30.8. The maximum absolute atomic E-state index is 16.3. The summed E-state index contributed by atoms with van der Waals surface area (Å²) in [6.45, 7) is 2.24. The molecule has 0 radical (unpaired) electrons.